The summed E-state index contributed by atoms with van der Waals surface area (Å²) in [6, 6.07) is 26.7. The highest BCUT2D eigenvalue weighted by atomic mass is 32.2. The van der Waals surface area contributed by atoms with Crippen LogP contribution in [0.3, 0.4) is 0 Å². The second-order valence-corrected chi connectivity index (χ2v) is 8.65. The molecule has 4 nitrogen and oxygen atoms in total. The van der Waals surface area contributed by atoms with E-state index < -0.39 is 10.0 Å². The summed E-state index contributed by atoms with van der Waals surface area (Å²) in [5, 5.41) is 3.38. The molecular weight excluding hydrogens is 368 g/mol. The Hall–Kier alpha value is -2.47. The van der Waals surface area contributed by atoms with Crippen molar-refractivity contribution >= 4 is 10.0 Å². The van der Waals surface area contributed by atoms with Crippen molar-refractivity contribution in [3.8, 4) is 0 Å². The molecule has 0 amide bonds. The van der Waals surface area contributed by atoms with Gasteiger partial charge in [-0.1, -0.05) is 78.4 Å². The number of aryl methyl sites for hydroxylation is 1. The van der Waals surface area contributed by atoms with E-state index in [-0.39, 0.29) is 6.04 Å². The first-order valence-electron chi connectivity index (χ1n) is 9.40. The topological polar surface area (TPSA) is 58.2 Å². The van der Waals surface area contributed by atoms with E-state index in [0.29, 0.717) is 24.4 Å². The molecule has 0 fully saturated rings. The van der Waals surface area contributed by atoms with Crippen molar-refractivity contribution in [2.45, 2.75) is 30.8 Å². The van der Waals surface area contributed by atoms with Gasteiger partial charge >= 0.3 is 0 Å². The van der Waals surface area contributed by atoms with Gasteiger partial charge in [0.15, 0.2) is 0 Å². The second kappa shape index (κ2) is 9.64. The molecule has 3 rings (SSSR count). The van der Waals surface area contributed by atoms with Crippen LogP contribution >= 0.6 is 0 Å². The molecule has 0 saturated heterocycles. The summed E-state index contributed by atoms with van der Waals surface area (Å²) in [5.41, 5.74) is 3.30. The Kier molecular flexibility index (Phi) is 6.98. The van der Waals surface area contributed by atoms with Crippen LogP contribution in [-0.2, 0) is 23.0 Å². The lowest BCUT2D eigenvalue weighted by Crippen LogP contribution is -2.43. The Morgan fingerprint density at radius 2 is 1.36 bits per heavy atom. The monoisotopic (exact) mass is 394 g/mol. The van der Waals surface area contributed by atoms with Crippen molar-refractivity contribution < 1.29 is 8.42 Å². The highest BCUT2D eigenvalue weighted by Crippen LogP contribution is 2.12. The summed E-state index contributed by atoms with van der Waals surface area (Å²) in [5.74, 6) is 0. The first kappa shape index (κ1) is 20.3. The van der Waals surface area contributed by atoms with Gasteiger partial charge in [-0.25, -0.2) is 13.1 Å². The van der Waals surface area contributed by atoms with Gasteiger partial charge in [0.1, 0.15) is 0 Å². The maximum absolute atomic E-state index is 12.8. The minimum Gasteiger partial charge on any atom is -0.311 e. The molecule has 3 aromatic rings. The van der Waals surface area contributed by atoms with Gasteiger partial charge in [0.2, 0.25) is 10.0 Å². The molecule has 1 atom stereocenters. The summed E-state index contributed by atoms with van der Waals surface area (Å²) >= 11 is 0. The van der Waals surface area contributed by atoms with Crippen molar-refractivity contribution in [1.82, 2.24) is 10.0 Å². The first-order valence-corrected chi connectivity index (χ1v) is 10.9. The van der Waals surface area contributed by atoms with Crippen LogP contribution in [0.1, 0.15) is 16.7 Å². The summed E-state index contributed by atoms with van der Waals surface area (Å²) in [4.78, 5) is 0.291. The van der Waals surface area contributed by atoms with Crippen LogP contribution in [0.5, 0.6) is 0 Å². The minimum atomic E-state index is -3.58. The summed E-state index contributed by atoms with van der Waals surface area (Å²) in [6.07, 6.45) is 0.619. The van der Waals surface area contributed by atoms with Crippen LogP contribution in [0.4, 0.5) is 0 Å². The number of rotatable bonds is 9. The van der Waals surface area contributed by atoms with Crippen LogP contribution in [0.2, 0.25) is 0 Å². The number of nitrogens with one attached hydrogen (secondary N) is 2. The summed E-state index contributed by atoms with van der Waals surface area (Å²) in [6.45, 7) is 3.17. The van der Waals surface area contributed by atoms with Gasteiger partial charge in [-0.15, -0.1) is 0 Å². The van der Waals surface area contributed by atoms with E-state index in [9.17, 15) is 8.42 Å². The molecule has 146 valence electrons. The third kappa shape index (κ3) is 6.02. The summed E-state index contributed by atoms with van der Waals surface area (Å²) < 4.78 is 28.6. The summed E-state index contributed by atoms with van der Waals surface area (Å²) in [7, 11) is -3.58. The molecule has 0 aliphatic rings. The highest BCUT2D eigenvalue weighted by Gasteiger charge is 2.20. The zero-order valence-electron chi connectivity index (χ0n) is 16.0. The minimum absolute atomic E-state index is 0.252. The Morgan fingerprint density at radius 1 is 0.786 bits per heavy atom. The first-order chi connectivity index (χ1) is 13.5. The largest absolute Gasteiger partial charge is 0.311 e. The van der Waals surface area contributed by atoms with Crippen LogP contribution in [0.25, 0.3) is 0 Å². The van der Waals surface area contributed by atoms with Crippen molar-refractivity contribution in [3.05, 3.63) is 102 Å². The molecule has 0 unspecified atom stereocenters. The molecule has 0 aliphatic heterocycles. The van der Waals surface area contributed by atoms with Crippen molar-refractivity contribution in [3.63, 3.8) is 0 Å². The molecule has 0 bridgehead atoms. The fraction of sp³-hybridized carbons (Fsp3) is 0.217. The third-order valence-electron chi connectivity index (χ3n) is 4.54. The standard InChI is InChI=1S/C23H26N2O2S/c1-19-12-14-23(15-13-19)28(26,27)25-22(16-20-8-4-2-5-9-20)18-24-17-21-10-6-3-7-11-21/h2-15,22,24-25H,16-18H2,1H3/t22-/m0/s1. The zero-order valence-corrected chi connectivity index (χ0v) is 16.8. The van der Waals surface area contributed by atoms with Crippen LogP contribution in [0.15, 0.2) is 89.8 Å². The maximum atomic E-state index is 12.8. The maximum Gasteiger partial charge on any atom is 0.240 e. The molecule has 3 aromatic carbocycles. The Balaban J connectivity index is 1.70. The van der Waals surface area contributed by atoms with E-state index in [0.717, 1.165) is 11.1 Å². The Morgan fingerprint density at radius 3 is 1.96 bits per heavy atom. The van der Waals surface area contributed by atoms with Gasteiger partial charge in [-0.05, 0) is 36.6 Å². The number of hydrogen-bond donors (Lipinski definition) is 2. The van der Waals surface area contributed by atoms with E-state index in [4.69, 9.17) is 0 Å². The average molecular weight is 395 g/mol. The van der Waals surface area contributed by atoms with E-state index in [1.807, 2.05) is 67.6 Å². The molecule has 0 saturated carbocycles. The molecule has 0 spiro atoms. The van der Waals surface area contributed by atoms with E-state index in [1.54, 1.807) is 12.1 Å². The molecular formula is C23H26N2O2S. The van der Waals surface area contributed by atoms with Gasteiger partial charge in [0.05, 0.1) is 4.90 Å². The fourth-order valence-electron chi connectivity index (χ4n) is 3.05. The normalized spacial score (nSPS) is 12.6. The molecule has 28 heavy (non-hydrogen) atoms. The fourth-order valence-corrected chi connectivity index (χ4v) is 4.28. The van der Waals surface area contributed by atoms with Crippen molar-refractivity contribution in [2.75, 3.05) is 6.54 Å². The average Bonchev–Trinajstić information content (AvgIpc) is 2.69. The van der Waals surface area contributed by atoms with Gasteiger partial charge in [-0.2, -0.15) is 0 Å². The smallest absolute Gasteiger partial charge is 0.240 e. The Labute approximate surface area is 167 Å². The predicted molar refractivity (Wildman–Crippen MR) is 114 cm³/mol. The van der Waals surface area contributed by atoms with E-state index >= 15 is 0 Å². The van der Waals surface area contributed by atoms with E-state index in [2.05, 4.69) is 22.2 Å². The molecule has 2 N–H and O–H groups in total. The molecule has 0 aliphatic carbocycles. The quantitative estimate of drug-likeness (QED) is 0.582. The number of hydrogen-bond acceptors (Lipinski definition) is 3. The van der Waals surface area contributed by atoms with Gasteiger partial charge < -0.3 is 5.32 Å². The highest BCUT2D eigenvalue weighted by molar-refractivity contribution is 7.89. The third-order valence-corrected chi connectivity index (χ3v) is 6.08. The molecule has 0 radical (unpaired) electrons. The SMILES string of the molecule is Cc1ccc(S(=O)(=O)N[C@H](CNCc2ccccc2)Cc2ccccc2)cc1. The second-order valence-electron chi connectivity index (χ2n) is 6.94. The predicted octanol–water partition coefficient (Wildman–Crippen LogP) is 3.67. The molecule has 0 heterocycles. The molecule has 0 aromatic heterocycles. The molecule has 5 heteroatoms. The van der Waals surface area contributed by atoms with E-state index in [1.165, 1.54) is 5.56 Å². The van der Waals surface area contributed by atoms with Gasteiger partial charge in [0.25, 0.3) is 0 Å². The van der Waals surface area contributed by atoms with Crippen LogP contribution in [0, 0.1) is 6.92 Å². The van der Waals surface area contributed by atoms with Crippen LogP contribution < -0.4 is 10.0 Å². The van der Waals surface area contributed by atoms with Crippen LogP contribution in [-0.4, -0.2) is 21.0 Å². The zero-order chi connectivity index (χ0) is 19.8. The number of sulfonamides is 1. The van der Waals surface area contributed by atoms with Crippen molar-refractivity contribution in [1.29, 1.82) is 0 Å². The van der Waals surface area contributed by atoms with Gasteiger partial charge in [0, 0.05) is 19.1 Å². The lowest BCUT2D eigenvalue weighted by molar-refractivity contribution is 0.513. The lowest BCUT2D eigenvalue weighted by atomic mass is 10.1. The van der Waals surface area contributed by atoms with Gasteiger partial charge in [-0.3, -0.25) is 0 Å². The Bertz CT molecular complexity index is 957. The lowest BCUT2D eigenvalue weighted by Gasteiger charge is -2.20. The number of benzene rings is 3. The van der Waals surface area contributed by atoms with Crippen molar-refractivity contribution in [2.24, 2.45) is 0 Å².